The third-order valence-corrected chi connectivity index (χ3v) is 2.94. The number of aliphatic hydroxyl groups excluding tert-OH is 1. The average Bonchev–Trinajstić information content (AvgIpc) is 2.27. The average molecular weight is 265 g/mol. The molecule has 0 spiro atoms. The van der Waals surface area contributed by atoms with Crippen molar-refractivity contribution in [1.29, 1.82) is 0 Å². The summed E-state index contributed by atoms with van der Waals surface area (Å²) in [6.07, 6.45) is 0.498. The molecule has 0 fully saturated rings. The van der Waals surface area contributed by atoms with Gasteiger partial charge in [0.1, 0.15) is 0 Å². The number of benzene rings is 1. The third kappa shape index (κ3) is 4.13. The summed E-state index contributed by atoms with van der Waals surface area (Å²) in [6.45, 7) is 3.79. The van der Waals surface area contributed by atoms with Gasteiger partial charge in [0.2, 0.25) is 0 Å². The first-order chi connectivity index (χ1) is 8.76. The Labute approximate surface area is 114 Å². The number of hydrogen-bond acceptors (Lipinski definition) is 4. The number of nitrogens with one attached hydrogen (secondary N) is 1. The second kappa shape index (κ2) is 5.93. The van der Waals surface area contributed by atoms with E-state index in [9.17, 15) is 4.79 Å². The molecule has 1 rings (SSSR count). The quantitative estimate of drug-likeness (QED) is 0.700. The highest BCUT2D eigenvalue weighted by atomic mass is 16.3. The van der Waals surface area contributed by atoms with Gasteiger partial charge in [0, 0.05) is 37.6 Å². The number of carbonyl (C=O) groups is 1. The molecule has 1 aromatic rings. The van der Waals surface area contributed by atoms with E-state index < -0.39 is 5.54 Å². The minimum Gasteiger partial charge on any atom is -0.399 e. The molecule has 19 heavy (non-hydrogen) atoms. The second-order valence-electron chi connectivity index (χ2n) is 5.48. The number of amides is 1. The van der Waals surface area contributed by atoms with Gasteiger partial charge in [0.05, 0.1) is 5.56 Å². The topological polar surface area (TPSA) is 78.6 Å². The molecule has 0 aliphatic rings. The van der Waals surface area contributed by atoms with Crippen LogP contribution in [-0.4, -0.2) is 37.3 Å². The highest BCUT2D eigenvalue weighted by molar-refractivity contribution is 6.01. The number of nitrogens with two attached hydrogens (primary N) is 1. The van der Waals surface area contributed by atoms with E-state index in [0.29, 0.717) is 17.7 Å². The van der Waals surface area contributed by atoms with Gasteiger partial charge in [-0.05, 0) is 38.5 Å². The van der Waals surface area contributed by atoms with Gasteiger partial charge in [0.25, 0.3) is 5.91 Å². The zero-order chi connectivity index (χ0) is 14.6. The minimum absolute atomic E-state index is 0.0325. The highest BCUT2D eigenvalue weighted by Crippen LogP contribution is 2.22. The molecule has 0 unspecified atom stereocenters. The van der Waals surface area contributed by atoms with Crippen molar-refractivity contribution in [1.82, 2.24) is 5.32 Å². The lowest BCUT2D eigenvalue weighted by molar-refractivity contribution is 0.0900. The van der Waals surface area contributed by atoms with E-state index in [0.717, 1.165) is 5.69 Å². The number of nitrogen functional groups attached to an aromatic ring is 1. The van der Waals surface area contributed by atoms with Crippen molar-refractivity contribution in [2.75, 3.05) is 31.3 Å². The summed E-state index contributed by atoms with van der Waals surface area (Å²) in [7, 11) is 3.75. The van der Waals surface area contributed by atoms with Crippen molar-refractivity contribution in [2.24, 2.45) is 0 Å². The van der Waals surface area contributed by atoms with Crippen LogP contribution in [0.3, 0.4) is 0 Å². The third-order valence-electron chi connectivity index (χ3n) is 2.94. The molecule has 0 radical (unpaired) electrons. The van der Waals surface area contributed by atoms with E-state index in [1.54, 1.807) is 12.1 Å². The summed E-state index contributed by atoms with van der Waals surface area (Å²) in [5.74, 6) is -0.186. The Morgan fingerprint density at radius 1 is 1.42 bits per heavy atom. The molecule has 0 atom stereocenters. The molecular formula is C14H23N3O2. The van der Waals surface area contributed by atoms with Crippen LogP contribution in [-0.2, 0) is 0 Å². The molecule has 0 saturated carbocycles. The maximum atomic E-state index is 12.3. The molecule has 1 aromatic carbocycles. The van der Waals surface area contributed by atoms with Crippen LogP contribution in [0.2, 0.25) is 0 Å². The molecule has 0 saturated heterocycles. The van der Waals surface area contributed by atoms with Crippen molar-refractivity contribution in [2.45, 2.75) is 25.8 Å². The van der Waals surface area contributed by atoms with Crippen LogP contribution in [0.1, 0.15) is 30.6 Å². The maximum Gasteiger partial charge on any atom is 0.253 e. The van der Waals surface area contributed by atoms with Crippen LogP contribution in [0.4, 0.5) is 11.4 Å². The number of rotatable bonds is 5. The summed E-state index contributed by atoms with van der Waals surface area (Å²) in [4.78, 5) is 14.2. The van der Waals surface area contributed by atoms with Crippen molar-refractivity contribution in [3.05, 3.63) is 23.8 Å². The number of hydrogen-bond donors (Lipinski definition) is 3. The maximum absolute atomic E-state index is 12.3. The summed E-state index contributed by atoms with van der Waals surface area (Å²) in [5, 5.41) is 11.9. The first kappa shape index (κ1) is 15.3. The zero-order valence-electron chi connectivity index (χ0n) is 12.0. The normalized spacial score (nSPS) is 11.2. The van der Waals surface area contributed by atoms with Gasteiger partial charge >= 0.3 is 0 Å². The van der Waals surface area contributed by atoms with Crippen LogP contribution in [0, 0.1) is 0 Å². The van der Waals surface area contributed by atoms with Crippen molar-refractivity contribution in [3.8, 4) is 0 Å². The Bertz CT molecular complexity index is 456. The fraction of sp³-hybridized carbons (Fsp3) is 0.500. The van der Waals surface area contributed by atoms with Gasteiger partial charge in [-0.25, -0.2) is 0 Å². The van der Waals surface area contributed by atoms with Gasteiger partial charge in [0.15, 0.2) is 0 Å². The Kier molecular flexibility index (Phi) is 4.78. The molecule has 0 bridgehead atoms. The Balaban J connectivity index is 3.02. The summed E-state index contributed by atoms with van der Waals surface area (Å²) < 4.78 is 0. The zero-order valence-corrected chi connectivity index (χ0v) is 12.0. The molecule has 1 amide bonds. The minimum atomic E-state index is -0.458. The molecule has 0 heterocycles. The lowest BCUT2D eigenvalue weighted by atomic mass is 10.00. The van der Waals surface area contributed by atoms with Crippen LogP contribution < -0.4 is 16.0 Å². The second-order valence-corrected chi connectivity index (χ2v) is 5.48. The first-order valence-corrected chi connectivity index (χ1v) is 6.27. The first-order valence-electron chi connectivity index (χ1n) is 6.27. The van der Waals surface area contributed by atoms with Crippen molar-refractivity contribution in [3.63, 3.8) is 0 Å². The van der Waals surface area contributed by atoms with E-state index in [-0.39, 0.29) is 12.5 Å². The Hall–Kier alpha value is -1.75. The predicted molar refractivity (Wildman–Crippen MR) is 78.4 cm³/mol. The Morgan fingerprint density at radius 3 is 2.58 bits per heavy atom. The fourth-order valence-corrected chi connectivity index (χ4v) is 1.84. The molecule has 0 aromatic heterocycles. The van der Waals surface area contributed by atoms with Crippen LogP contribution >= 0.6 is 0 Å². The molecule has 5 nitrogen and oxygen atoms in total. The van der Waals surface area contributed by atoms with Crippen LogP contribution in [0.15, 0.2) is 18.2 Å². The molecule has 0 aliphatic carbocycles. The molecule has 0 aliphatic heterocycles. The summed E-state index contributed by atoms with van der Waals surface area (Å²) in [6, 6.07) is 5.26. The number of carbonyl (C=O) groups excluding carboxylic acids is 1. The van der Waals surface area contributed by atoms with E-state index in [4.69, 9.17) is 10.8 Å². The van der Waals surface area contributed by atoms with Gasteiger partial charge in [-0.1, -0.05) is 0 Å². The van der Waals surface area contributed by atoms with Crippen molar-refractivity contribution >= 4 is 17.3 Å². The number of nitrogens with zero attached hydrogens (tertiary/aromatic N) is 1. The van der Waals surface area contributed by atoms with Gasteiger partial charge in [-0.3, -0.25) is 4.79 Å². The predicted octanol–water partition coefficient (Wildman–Crippen LogP) is 1.23. The van der Waals surface area contributed by atoms with E-state index >= 15 is 0 Å². The number of aliphatic hydroxyl groups is 1. The largest absolute Gasteiger partial charge is 0.399 e. The smallest absolute Gasteiger partial charge is 0.253 e. The standard InChI is InChI=1S/C14H23N3O2/c1-14(2,7-8-18)16-13(19)11-9-10(15)5-6-12(11)17(3)4/h5-6,9,18H,7-8,15H2,1-4H3,(H,16,19). The van der Waals surface area contributed by atoms with E-state index in [2.05, 4.69) is 5.32 Å². The van der Waals surface area contributed by atoms with Crippen LogP contribution in [0.25, 0.3) is 0 Å². The molecule has 106 valence electrons. The lowest BCUT2D eigenvalue weighted by Gasteiger charge is -2.27. The fourth-order valence-electron chi connectivity index (χ4n) is 1.84. The number of anilines is 2. The lowest BCUT2D eigenvalue weighted by Crippen LogP contribution is -2.44. The summed E-state index contributed by atoms with van der Waals surface area (Å²) in [5.41, 5.74) is 7.19. The SMILES string of the molecule is CN(C)c1ccc(N)cc1C(=O)NC(C)(C)CCO. The van der Waals surface area contributed by atoms with Crippen molar-refractivity contribution < 1.29 is 9.90 Å². The van der Waals surface area contributed by atoms with E-state index in [1.165, 1.54) is 0 Å². The summed E-state index contributed by atoms with van der Waals surface area (Å²) >= 11 is 0. The molecule has 5 heteroatoms. The highest BCUT2D eigenvalue weighted by Gasteiger charge is 2.22. The van der Waals surface area contributed by atoms with Gasteiger partial charge in [-0.15, -0.1) is 0 Å². The Morgan fingerprint density at radius 2 is 2.05 bits per heavy atom. The van der Waals surface area contributed by atoms with Gasteiger partial charge < -0.3 is 21.1 Å². The van der Waals surface area contributed by atoms with Gasteiger partial charge in [-0.2, -0.15) is 0 Å². The van der Waals surface area contributed by atoms with E-state index in [1.807, 2.05) is 38.9 Å². The molecular weight excluding hydrogens is 242 g/mol. The van der Waals surface area contributed by atoms with Crippen LogP contribution in [0.5, 0.6) is 0 Å². The molecule has 4 N–H and O–H groups in total. The monoisotopic (exact) mass is 265 g/mol.